The Balaban J connectivity index is 2.92. The first-order chi connectivity index (χ1) is 14.3. The number of aliphatic carboxylic acids is 1. The smallest absolute Gasteiger partial charge is 0.326 e. The summed E-state index contributed by atoms with van der Waals surface area (Å²) in [6, 6.07) is -4.00. The maximum absolute atomic E-state index is 13.2. The monoisotopic (exact) mass is 441 g/mol. The molecule has 1 rings (SSSR count). The minimum absolute atomic E-state index is 0.211. The molecule has 1 aliphatic rings. The number of nitrogens with zero attached hydrogens (tertiary/aromatic N) is 1. The molecule has 0 spiro atoms. The van der Waals surface area contributed by atoms with Crippen LogP contribution in [-0.4, -0.2) is 70.3 Å². The van der Waals surface area contributed by atoms with E-state index in [1.54, 1.807) is 13.8 Å². The van der Waals surface area contributed by atoms with Gasteiger partial charge in [-0.15, -0.1) is 0 Å². The Hall–Kier alpha value is -2.69. The van der Waals surface area contributed by atoms with Crippen LogP contribution < -0.4 is 22.1 Å². The van der Waals surface area contributed by atoms with Gasteiger partial charge < -0.3 is 32.1 Å². The van der Waals surface area contributed by atoms with Gasteiger partial charge in [0, 0.05) is 6.54 Å². The van der Waals surface area contributed by atoms with Crippen LogP contribution in [0.5, 0.6) is 0 Å². The number of primary amides is 1. The number of rotatable bonds is 11. The first-order valence-corrected chi connectivity index (χ1v) is 10.5. The van der Waals surface area contributed by atoms with Crippen molar-refractivity contribution in [2.24, 2.45) is 23.3 Å². The second kappa shape index (κ2) is 11.6. The molecule has 1 fully saturated rings. The number of carbonyl (C=O) groups is 5. The Morgan fingerprint density at radius 1 is 1.10 bits per heavy atom. The van der Waals surface area contributed by atoms with Crippen LogP contribution in [0.2, 0.25) is 0 Å². The number of carbonyl (C=O) groups excluding carboxylic acids is 4. The quantitative estimate of drug-likeness (QED) is 0.270. The molecule has 0 aromatic carbocycles. The Kier molecular flexibility index (Phi) is 9.89. The first-order valence-electron chi connectivity index (χ1n) is 10.5. The zero-order valence-electron chi connectivity index (χ0n) is 18.6. The highest BCUT2D eigenvalue weighted by Gasteiger charge is 2.40. The van der Waals surface area contributed by atoms with E-state index < -0.39 is 60.2 Å². The lowest BCUT2D eigenvalue weighted by Crippen LogP contribution is -2.58. The van der Waals surface area contributed by atoms with Crippen molar-refractivity contribution in [1.82, 2.24) is 15.5 Å². The highest BCUT2D eigenvalue weighted by molar-refractivity contribution is 5.95. The Labute approximate surface area is 182 Å². The van der Waals surface area contributed by atoms with Crippen LogP contribution in [0.15, 0.2) is 0 Å². The summed E-state index contributed by atoms with van der Waals surface area (Å²) in [7, 11) is 0. The van der Waals surface area contributed by atoms with Gasteiger partial charge in [0.1, 0.15) is 18.1 Å². The van der Waals surface area contributed by atoms with E-state index in [9.17, 15) is 29.1 Å². The molecule has 0 aliphatic carbocycles. The Morgan fingerprint density at radius 3 is 2.19 bits per heavy atom. The summed E-state index contributed by atoms with van der Waals surface area (Å²) < 4.78 is 0. The topological polar surface area (TPSA) is 185 Å². The molecular formula is C20H35N5O6. The lowest BCUT2D eigenvalue weighted by atomic mass is 9.99. The Morgan fingerprint density at radius 2 is 1.71 bits per heavy atom. The fourth-order valence-corrected chi connectivity index (χ4v) is 3.54. The third-order valence-electron chi connectivity index (χ3n) is 5.15. The summed E-state index contributed by atoms with van der Waals surface area (Å²) in [4.78, 5) is 62.0. The number of hydrogen-bond acceptors (Lipinski definition) is 6. The second-order valence-electron chi connectivity index (χ2n) is 8.73. The molecule has 0 radical (unpaired) electrons. The number of carboxylic acid groups (broad SMARTS) is 1. The number of nitrogens with one attached hydrogen (secondary N) is 2. The van der Waals surface area contributed by atoms with Gasteiger partial charge in [-0.3, -0.25) is 19.2 Å². The van der Waals surface area contributed by atoms with Crippen molar-refractivity contribution in [3.63, 3.8) is 0 Å². The van der Waals surface area contributed by atoms with Crippen molar-refractivity contribution < 1.29 is 29.1 Å². The minimum Gasteiger partial charge on any atom is -0.480 e. The predicted octanol–water partition coefficient (Wildman–Crippen LogP) is -1.06. The van der Waals surface area contributed by atoms with Crippen molar-refractivity contribution in [3.8, 4) is 0 Å². The average Bonchev–Trinajstić information content (AvgIpc) is 3.13. The first kappa shape index (κ1) is 26.3. The number of nitrogens with two attached hydrogens (primary N) is 2. The van der Waals surface area contributed by atoms with E-state index in [4.69, 9.17) is 11.5 Å². The van der Waals surface area contributed by atoms with E-state index in [1.807, 2.05) is 13.8 Å². The van der Waals surface area contributed by atoms with Crippen molar-refractivity contribution >= 4 is 29.6 Å². The van der Waals surface area contributed by atoms with Gasteiger partial charge in [0.25, 0.3) is 0 Å². The molecule has 1 aliphatic heterocycles. The van der Waals surface area contributed by atoms with Crippen LogP contribution in [-0.2, 0) is 24.0 Å². The molecule has 1 heterocycles. The molecule has 11 heteroatoms. The van der Waals surface area contributed by atoms with Gasteiger partial charge in [0.05, 0.1) is 12.5 Å². The molecule has 11 nitrogen and oxygen atoms in total. The van der Waals surface area contributed by atoms with Crippen molar-refractivity contribution in [1.29, 1.82) is 0 Å². The molecule has 1 saturated heterocycles. The molecule has 0 saturated carbocycles. The normalized spacial score (nSPS) is 19.1. The highest BCUT2D eigenvalue weighted by Crippen LogP contribution is 2.21. The third kappa shape index (κ3) is 7.82. The van der Waals surface area contributed by atoms with Crippen molar-refractivity contribution in [3.05, 3.63) is 0 Å². The summed E-state index contributed by atoms with van der Waals surface area (Å²) in [5.41, 5.74) is 11.0. The fraction of sp³-hybridized carbons (Fsp3) is 0.750. The van der Waals surface area contributed by atoms with Gasteiger partial charge in [0.2, 0.25) is 23.6 Å². The molecule has 4 amide bonds. The molecule has 4 unspecified atom stereocenters. The predicted molar refractivity (Wildman–Crippen MR) is 112 cm³/mol. The van der Waals surface area contributed by atoms with Gasteiger partial charge in [0.15, 0.2) is 0 Å². The zero-order valence-corrected chi connectivity index (χ0v) is 18.6. The van der Waals surface area contributed by atoms with Crippen LogP contribution in [0.25, 0.3) is 0 Å². The van der Waals surface area contributed by atoms with E-state index in [2.05, 4.69) is 10.6 Å². The highest BCUT2D eigenvalue weighted by atomic mass is 16.4. The number of hydrogen-bond donors (Lipinski definition) is 5. The second-order valence-corrected chi connectivity index (χ2v) is 8.73. The minimum atomic E-state index is -1.47. The van der Waals surface area contributed by atoms with E-state index in [0.717, 1.165) is 0 Å². The third-order valence-corrected chi connectivity index (χ3v) is 5.15. The summed E-state index contributed by atoms with van der Waals surface area (Å²) in [5.74, 6) is -3.85. The van der Waals surface area contributed by atoms with Gasteiger partial charge in [-0.1, -0.05) is 27.7 Å². The molecule has 0 aromatic rings. The Bertz CT molecular complexity index is 696. The van der Waals surface area contributed by atoms with Crippen molar-refractivity contribution in [2.45, 2.75) is 77.5 Å². The molecule has 176 valence electrons. The van der Waals surface area contributed by atoms with E-state index in [-0.39, 0.29) is 11.8 Å². The van der Waals surface area contributed by atoms with Gasteiger partial charge in [-0.2, -0.15) is 0 Å². The standard InChI is InChI=1S/C20H35N5O6/c1-10(2)8-12(21)17(27)24-16(11(3)4)19(29)25-7-5-6-14(25)18(28)23-13(20(30)31)9-15(22)26/h10-14,16H,5-9,21H2,1-4H3,(H2,22,26)(H,23,28)(H,24,27)(H,30,31). The van der Waals surface area contributed by atoms with E-state index in [1.165, 1.54) is 4.90 Å². The SMILES string of the molecule is CC(C)CC(N)C(=O)NC(C(=O)N1CCCC1C(=O)NC(CC(N)=O)C(=O)O)C(C)C. The van der Waals surface area contributed by atoms with Crippen LogP contribution in [0.4, 0.5) is 0 Å². The van der Waals surface area contributed by atoms with Crippen LogP contribution >= 0.6 is 0 Å². The fourth-order valence-electron chi connectivity index (χ4n) is 3.54. The molecule has 31 heavy (non-hydrogen) atoms. The summed E-state index contributed by atoms with van der Waals surface area (Å²) >= 11 is 0. The largest absolute Gasteiger partial charge is 0.480 e. The zero-order chi connectivity index (χ0) is 23.9. The molecule has 0 aromatic heterocycles. The number of amides is 4. The van der Waals surface area contributed by atoms with E-state index in [0.29, 0.717) is 25.8 Å². The van der Waals surface area contributed by atoms with Crippen LogP contribution in [0.1, 0.15) is 53.4 Å². The van der Waals surface area contributed by atoms with Crippen LogP contribution in [0, 0.1) is 11.8 Å². The molecule has 4 atom stereocenters. The van der Waals surface area contributed by atoms with Crippen LogP contribution in [0.3, 0.4) is 0 Å². The summed E-state index contributed by atoms with van der Waals surface area (Å²) in [6.45, 7) is 7.72. The molecule has 7 N–H and O–H groups in total. The van der Waals surface area contributed by atoms with Gasteiger partial charge in [-0.05, 0) is 31.1 Å². The van der Waals surface area contributed by atoms with Gasteiger partial charge in [-0.25, -0.2) is 4.79 Å². The maximum Gasteiger partial charge on any atom is 0.326 e. The maximum atomic E-state index is 13.2. The van der Waals surface area contributed by atoms with Crippen molar-refractivity contribution in [2.75, 3.05) is 6.54 Å². The average molecular weight is 442 g/mol. The number of likely N-dealkylation sites (tertiary alicyclic amines) is 1. The summed E-state index contributed by atoms with van der Waals surface area (Å²) in [5, 5.41) is 14.2. The van der Waals surface area contributed by atoms with E-state index >= 15 is 0 Å². The van der Waals surface area contributed by atoms with Gasteiger partial charge >= 0.3 is 5.97 Å². The summed E-state index contributed by atoms with van der Waals surface area (Å²) in [6.07, 6.45) is 0.797. The lowest BCUT2D eigenvalue weighted by molar-refractivity contribution is -0.146. The molecular weight excluding hydrogens is 406 g/mol. The molecule has 0 bridgehead atoms. The number of carboxylic acids is 1. The lowest BCUT2D eigenvalue weighted by Gasteiger charge is -2.31.